The third kappa shape index (κ3) is 4.52. The van der Waals surface area contributed by atoms with Crippen LogP contribution in [0.2, 0.25) is 0 Å². The first-order valence-electron chi connectivity index (χ1n) is 10.3. The lowest BCUT2D eigenvalue weighted by molar-refractivity contribution is -0.121. The molecule has 2 aromatic rings. The number of carbonyl (C=O) groups excluding carboxylic acids is 2. The molecule has 0 bridgehead atoms. The van der Waals surface area contributed by atoms with Gasteiger partial charge in [-0.2, -0.15) is 0 Å². The molecule has 0 atom stereocenters. The van der Waals surface area contributed by atoms with Crippen molar-refractivity contribution in [2.75, 3.05) is 45.8 Å². The Hall–Kier alpha value is -3.42. The number of piperidine rings is 1. The summed E-state index contributed by atoms with van der Waals surface area (Å²) in [7, 11) is 3.10. The van der Waals surface area contributed by atoms with Crippen molar-refractivity contribution in [2.24, 2.45) is 5.92 Å². The van der Waals surface area contributed by atoms with Crippen molar-refractivity contribution in [2.45, 2.75) is 12.8 Å². The summed E-state index contributed by atoms with van der Waals surface area (Å²) in [6.07, 6.45) is 1.21. The van der Waals surface area contributed by atoms with Gasteiger partial charge in [-0.3, -0.25) is 9.59 Å². The lowest BCUT2D eigenvalue weighted by Gasteiger charge is -2.31. The molecule has 8 heteroatoms. The number of nitrogens with one attached hydrogen (secondary N) is 1. The van der Waals surface area contributed by atoms with E-state index in [9.17, 15) is 9.59 Å². The minimum absolute atomic E-state index is 0.0464. The molecule has 1 saturated heterocycles. The summed E-state index contributed by atoms with van der Waals surface area (Å²) in [5.74, 6) is 2.14. The molecule has 2 amide bonds. The maximum atomic E-state index is 12.9. The van der Waals surface area contributed by atoms with Gasteiger partial charge in [0, 0.05) is 36.3 Å². The van der Waals surface area contributed by atoms with Crippen LogP contribution in [0.3, 0.4) is 0 Å². The Morgan fingerprint density at radius 2 is 1.65 bits per heavy atom. The standard InChI is InChI=1S/C23H26N2O6/c1-28-18-5-3-16(13-20(18)29-2)23(27)25-9-7-15(8-10-25)22(26)24-17-4-6-19-21(14-17)31-12-11-30-19/h3-6,13-15H,7-12H2,1-2H3,(H,24,26). The molecule has 0 radical (unpaired) electrons. The quantitative estimate of drug-likeness (QED) is 0.791. The van der Waals surface area contributed by atoms with Gasteiger partial charge >= 0.3 is 0 Å². The number of hydrogen-bond acceptors (Lipinski definition) is 6. The Morgan fingerprint density at radius 3 is 2.35 bits per heavy atom. The van der Waals surface area contributed by atoms with Gasteiger partial charge in [-0.25, -0.2) is 0 Å². The highest BCUT2D eigenvalue weighted by Crippen LogP contribution is 2.33. The number of amides is 2. The summed E-state index contributed by atoms with van der Waals surface area (Å²) in [6.45, 7) is 2.06. The number of nitrogens with zero attached hydrogens (tertiary/aromatic N) is 1. The molecule has 2 aliphatic rings. The first kappa shape index (κ1) is 20.8. The summed E-state index contributed by atoms with van der Waals surface area (Å²) < 4.78 is 21.6. The molecule has 0 saturated carbocycles. The van der Waals surface area contributed by atoms with Crippen LogP contribution in [0.1, 0.15) is 23.2 Å². The lowest BCUT2D eigenvalue weighted by Crippen LogP contribution is -2.41. The van der Waals surface area contributed by atoms with Gasteiger partial charge < -0.3 is 29.2 Å². The number of carbonyl (C=O) groups is 2. The van der Waals surface area contributed by atoms with Gasteiger partial charge in [0.15, 0.2) is 23.0 Å². The maximum Gasteiger partial charge on any atom is 0.253 e. The van der Waals surface area contributed by atoms with Crippen molar-refractivity contribution in [3.63, 3.8) is 0 Å². The Labute approximate surface area is 181 Å². The SMILES string of the molecule is COc1ccc(C(=O)N2CCC(C(=O)Nc3ccc4c(c3)OCCO4)CC2)cc1OC. The van der Waals surface area contributed by atoms with E-state index in [1.165, 1.54) is 7.11 Å². The zero-order valence-corrected chi connectivity index (χ0v) is 17.7. The second-order valence-electron chi connectivity index (χ2n) is 7.48. The van der Waals surface area contributed by atoms with Crippen molar-refractivity contribution in [3.8, 4) is 23.0 Å². The number of ether oxygens (including phenoxy) is 4. The Kier molecular flexibility index (Phi) is 6.16. The second kappa shape index (κ2) is 9.16. The largest absolute Gasteiger partial charge is 0.493 e. The molecule has 2 aliphatic heterocycles. The van der Waals surface area contributed by atoms with Crippen LogP contribution in [-0.4, -0.2) is 57.2 Å². The zero-order chi connectivity index (χ0) is 21.8. The van der Waals surface area contributed by atoms with Crippen molar-refractivity contribution in [3.05, 3.63) is 42.0 Å². The third-order valence-electron chi connectivity index (χ3n) is 5.59. The molecule has 4 rings (SSSR count). The van der Waals surface area contributed by atoms with E-state index in [0.29, 0.717) is 73.4 Å². The molecule has 0 unspecified atom stereocenters. The number of rotatable bonds is 5. The fraction of sp³-hybridized carbons (Fsp3) is 0.391. The van der Waals surface area contributed by atoms with Crippen molar-refractivity contribution in [1.29, 1.82) is 0 Å². The van der Waals surface area contributed by atoms with Gasteiger partial charge in [0.1, 0.15) is 13.2 Å². The van der Waals surface area contributed by atoms with Crippen molar-refractivity contribution in [1.82, 2.24) is 4.90 Å². The number of fused-ring (bicyclic) bond motifs is 1. The molecule has 1 N–H and O–H groups in total. The first-order chi connectivity index (χ1) is 15.1. The van der Waals surface area contributed by atoms with Gasteiger partial charge in [-0.05, 0) is 43.2 Å². The van der Waals surface area contributed by atoms with Gasteiger partial charge in [0.2, 0.25) is 5.91 Å². The lowest BCUT2D eigenvalue weighted by atomic mass is 9.95. The van der Waals surface area contributed by atoms with Crippen molar-refractivity contribution >= 4 is 17.5 Å². The van der Waals surface area contributed by atoms with Gasteiger partial charge in [-0.15, -0.1) is 0 Å². The predicted molar refractivity (Wildman–Crippen MR) is 114 cm³/mol. The molecule has 0 aromatic heterocycles. The van der Waals surface area contributed by atoms with E-state index in [0.717, 1.165) is 0 Å². The van der Waals surface area contributed by atoms with Crippen LogP contribution in [0.4, 0.5) is 5.69 Å². The van der Waals surface area contributed by atoms with Gasteiger partial charge in [-0.1, -0.05) is 0 Å². The number of hydrogen-bond donors (Lipinski definition) is 1. The topological polar surface area (TPSA) is 86.3 Å². The molecule has 8 nitrogen and oxygen atoms in total. The van der Waals surface area contributed by atoms with Crippen LogP contribution in [0.25, 0.3) is 0 Å². The van der Waals surface area contributed by atoms with Gasteiger partial charge in [0.05, 0.1) is 14.2 Å². The Balaban J connectivity index is 1.34. The minimum Gasteiger partial charge on any atom is -0.493 e. The van der Waals surface area contributed by atoms with E-state index in [4.69, 9.17) is 18.9 Å². The highest BCUT2D eigenvalue weighted by atomic mass is 16.6. The fourth-order valence-corrected chi connectivity index (χ4v) is 3.86. The van der Waals surface area contributed by atoms with Crippen LogP contribution in [0.5, 0.6) is 23.0 Å². The third-order valence-corrected chi connectivity index (χ3v) is 5.59. The number of methoxy groups -OCH3 is 2. The van der Waals surface area contributed by atoms with Crippen LogP contribution in [-0.2, 0) is 4.79 Å². The van der Waals surface area contributed by atoms with Crippen LogP contribution in [0.15, 0.2) is 36.4 Å². The van der Waals surface area contributed by atoms with Crippen LogP contribution in [0, 0.1) is 5.92 Å². The Bertz CT molecular complexity index is 969. The molecule has 2 heterocycles. The highest BCUT2D eigenvalue weighted by molar-refractivity contribution is 5.96. The predicted octanol–water partition coefficient (Wildman–Crippen LogP) is 2.97. The summed E-state index contributed by atoms with van der Waals surface area (Å²) >= 11 is 0. The zero-order valence-electron chi connectivity index (χ0n) is 17.7. The fourth-order valence-electron chi connectivity index (χ4n) is 3.86. The maximum absolute atomic E-state index is 12.9. The molecule has 31 heavy (non-hydrogen) atoms. The van der Waals surface area contributed by atoms with Crippen LogP contribution >= 0.6 is 0 Å². The number of anilines is 1. The molecular formula is C23H26N2O6. The average Bonchev–Trinajstić information content (AvgIpc) is 2.83. The first-order valence-corrected chi connectivity index (χ1v) is 10.3. The molecule has 0 spiro atoms. The average molecular weight is 426 g/mol. The van der Waals surface area contributed by atoms with E-state index < -0.39 is 0 Å². The molecule has 1 fully saturated rings. The van der Waals surface area contributed by atoms with Crippen molar-refractivity contribution < 1.29 is 28.5 Å². The molecule has 2 aromatic carbocycles. The summed E-state index contributed by atoms with van der Waals surface area (Å²) in [6, 6.07) is 10.5. The summed E-state index contributed by atoms with van der Waals surface area (Å²) in [4.78, 5) is 27.4. The smallest absolute Gasteiger partial charge is 0.253 e. The number of likely N-dealkylation sites (tertiary alicyclic amines) is 1. The minimum atomic E-state index is -0.150. The highest BCUT2D eigenvalue weighted by Gasteiger charge is 2.28. The normalized spacial score (nSPS) is 15.9. The summed E-state index contributed by atoms with van der Waals surface area (Å²) in [5.41, 5.74) is 1.22. The van der Waals surface area contributed by atoms with Crippen LogP contribution < -0.4 is 24.3 Å². The molecule has 0 aliphatic carbocycles. The monoisotopic (exact) mass is 426 g/mol. The summed E-state index contributed by atoms with van der Waals surface area (Å²) in [5, 5.41) is 2.96. The number of benzene rings is 2. The molecular weight excluding hydrogens is 400 g/mol. The van der Waals surface area contributed by atoms with E-state index in [2.05, 4.69) is 5.32 Å². The van der Waals surface area contributed by atoms with E-state index >= 15 is 0 Å². The van der Waals surface area contributed by atoms with E-state index in [-0.39, 0.29) is 17.7 Å². The second-order valence-corrected chi connectivity index (χ2v) is 7.48. The van der Waals surface area contributed by atoms with E-state index in [1.807, 2.05) is 0 Å². The van der Waals surface area contributed by atoms with Gasteiger partial charge in [0.25, 0.3) is 5.91 Å². The van der Waals surface area contributed by atoms with E-state index in [1.54, 1.807) is 48.4 Å². The Morgan fingerprint density at radius 1 is 0.935 bits per heavy atom. The molecule has 164 valence electrons.